The Hall–Kier alpha value is -1.40. The van der Waals surface area contributed by atoms with Gasteiger partial charge in [0.05, 0.1) is 23.6 Å². The molecule has 1 N–H and O–H groups in total. The van der Waals surface area contributed by atoms with E-state index in [2.05, 4.69) is 11.4 Å². The molecule has 0 unspecified atom stereocenters. The first-order valence-corrected chi connectivity index (χ1v) is 5.35. The lowest BCUT2D eigenvalue weighted by Crippen LogP contribution is -2.20. The molecule has 86 valence electrons. The van der Waals surface area contributed by atoms with Gasteiger partial charge in [-0.15, -0.1) is 0 Å². The number of nitriles is 1. The van der Waals surface area contributed by atoms with Crippen LogP contribution in [0.5, 0.6) is 5.75 Å². The number of methoxy groups -OCH3 is 1. The maximum atomic E-state index is 8.87. The molecule has 0 aliphatic rings. The lowest BCUT2D eigenvalue weighted by Gasteiger charge is -2.17. The topological polar surface area (TPSA) is 45.0 Å². The van der Waals surface area contributed by atoms with Crippen LogP contribution >= 0.6 is 11.6 Å². The van der Waals surface area contributed by atoms with Crippen LogP contribution in [0.2, 0.25) is 5.02 Å². The molecule has 1 rings (SSSR count). The van der Waals surface area contributed by atoms with E-state index in [1.165, 1.54) is 0 Å². The van der Waals surface area contributed by atoms with Gasteiger partial charge in [0.2, 0.25) is 0 Å². The van der Waals surface area contributed by atoms with Crippen molar-refractivity contribution in [3.63, 3.8) is 0 Å². The number of hydrogen-bond donors (Lipinski definition) is 1. The zero-order valence-electron chi connectivity index (χ0n) is 9.67. The third-order valence-corrected chi connectivity index (χ3v) is 2.48. The Bertz CT molecular complexity index is 410. The number of nitrogens with one attached hydrogen (secondary N) is 1. The summed E-state index contributed by atoms with van der Waals surface area (Å²) in [4.78, 5) is 0. The van der Waals surface area contributed by atoms with E-state index in [1.807, 2.05) is 19.9 Å². The molecule has 0 bridgehead atoms. The predicted molar refractivity (Wildman–Crippen MR) is 65.9 cm³/mol. The second-order valence-electron chi connectivity index (χ2n) is 4.20. The molecule has 0 aliphatic heterocycles. The van der Waals surface area contributed by atoms with Gasteiger partial charge in [-0.05, 0) is 32.0 Å². The number of anilines is 1. The van der Waals surface area contributed by atoms with Crippen molar-refractivity contribution < 1.29 is 4.74 Å². The quantitative estimate of drug-likeness (QED) is 0.875. The number of nitrogens with zero attached hydrogens (tertiary/aromatic N) is 1. The highest BCUT2D eigenvalue weighted by molar-refractivity contribution is 6.32. The smallest absolute Gasteiger partial charge is 0.137 e. The van der Waals surface area contributed by atoms with E-state index < -0.39 is 5.41 Å². The summed E-state index contributed by atoms with van der Waals surface area (Å²) in [5.41, 5.74) is 0.487. The lowest BCUT2D eigenvalue weighted by atomic mass is 9.96. The molecular formula is C12H15ClN2O. The fourth-order valence-corrected chi connectivity index (χ4v) is 1.40. The van der Waals surface area contributed by atoms with Crippen LogP contribution in [0.1, 0.15) is 13.8 Å². The SMILES string of the molecule is COc1ccc(NCC(C)(C)C#N)cc1Cl. The Balaban J connectivity index is 2.70. The van der Waals surface area contributed by atoms with E-state index in [0.717, 1.165) is 5.69 Å². The second-order valence-corrected chi connectivity index (χ2v) is 4.61. The first kappa shape index (κ1) is 12.7. The Morgan fingerprint density at radius 3 is 2.69 bits per heavy atom. The van der Waals surface area contributed by atoms with Gasteiger partial charge in [-0.25, -0.2) is 0 Å². The van der Waals surface area contributed by atoms with Crippen LogP contribution in [0.25, 0.3) is 0 Å². The van der Waals surface area contributed by atoms with Gasteiger partial charge >= 0.3 is 0 Å². The Kier molecular flexibility index (Phi) is 4.03. The van der Waals surface area contributed by atoms with Gasteiger partial charge in [-0.3, -0.25) is 0 Å². The fraction of sp³-hybridized carbons (Fsp3) is 0.417. The molecule has 0 saturated heterocycles. The van der Waals surface area contributed by atoms with E-state index in [-0.39, 0.29) is 0 Å². The van der Waals surface area contributed by atoms with Gasteiger partial charge in [0.25, 0.3) is 0 Å². The molecule has 3 nitrogen and oxygen atoms in total. The first-order valence-electron chi connectivity index (χ1n) is 4.97. The Labute approximate surface area is 101 Å². The number of halogens is 1. The molecule has 0 fully saturated rings. The van der Waals surface area contributed by atoms with Gasteiger partial charge in [-0.2, -0.15) is 5.26 Å². The maximum Gasteiger partial charge on any atom is 0.137 e. The molecule has 0 heterocycles. The van der Waals surface area contributed by atoms with Crippen molar-refractivity contribution in [1.29, 1.82) is 5.26 Å². The standard InChI is InChI=1S/C12H15ClN2O/c1-12(2,7-14)8-15-9-4-5-11(16-3)10(13)6-9/h4-6,15H,8H2,1-3H3. The summed E-state index contributed by atoms with van der Waals surface area (Å²) >= 11 is 5.98. The lowest BCUT2D eigenvalue weighted by molar-refractivity contribution is 0.415. The van der Waals surface area contributed by atoms with Crippen LogP contribution in [0, 0.1) is 16.7 Å². The molecule has 0 aromatic heterocycles. The highest BCUT2D eigenvalue weighted by atomic mass is 35.5. The predicted octanol–water partition coefficient (Wildman–Crippen LogP) is 3.31. The van der Waals surface area contributed by atoms with E-state index in [9.17, 15) is 0 Å². The van der Waals surface area contributed by atoms with E-state index in [0.29, 0.717) is 17.3 Å². The number of hydrogen-bond acceptors (Lipinski definition) is 3. The summed E-state index contributed by atoms with van der Waals surface area (Å²) in [6.45, 7) is 4.34. The molecule has 1 aromatic carbocycles. The van der Waals surface area contributed by atoms with Gasteiger partial charge in [-0.1, -0.05) is 11.6 Å². The fourth-order valence-electron chi connectivity index (χ4n) is 1.14. The number of benzene rings is 1. The summed E-state index contributed by atoms with van der Waals surface area (Å²) in [5.74, 6) is 0.645. The zero-order chi connectivity index (χ0) is 12.2. The summed E-state index contributed by atoms with van der Waals surface area (Å²) < 4.78 is 5.05. The van der Waals surface area contributed by atoms with Gasteiger partial charge in [0.1, 0.15) is 5.75 Å². The van der Waals surface area contributed by atoms with Crippen molar-refractivity contribution >= 4 is 17.3 Å². The van der Waals surface area contributed by atoms with E-state index >= 15 is 0 Å². The van der Waals surface area contributed by atoms with Crippen LogP contribution in [-0.4, -0.2) is 13.7 Å². The molecule has 0 amide bonds. The van der Waals surface area contributed by atoms with Crippen molar-refractivity contribution in [1.82, 2.24) is 0 Å². The zero-order valence-corrected chi connectivity index (χ0v) is 10.4. The van der Waals surface area contributed by atoms with Crippen molar-refractivity contribution in [2.75, 3.05) is 19.0 Å². The molecule has 0 spiro atoms. The van der Waals surface area contributed by atoms with Crippen molar-refractivity contribution in [3.05, 3.63) is 23.2 Å². The first-order chi connectivity index (χ1) is 7.48. The van der Waals surface area contributed by atoms with Crippen molar-refractivity contribution in [3.8, 4) is 11.8 Å². The molecule has 1 aromatic rings. The molecule has 16 heavy (non-hydrogen) atoms. The maximum absolute atomic E-state index is 8.87. The summed E-state index contributed by atoms with van der Waals surface area (Å²) in [6.07, 6.45) is 0. The average Bonchev–Trinajstić information content (AvgIpc) is 2.27. The van der Waals surface area contributed by atoms with E-state index in [1.54, 1.807) is 19.2 Å². The van der Waals surface area contributed by atoms with Crippen LogP contribution in [0.15, 0.2) is 18.2 Å². The molecule has 0 saturated carbocycles. The van der Waals surface area contributed by atoms with Crippen molar-refractivity contribution in [2.45, 2.75) is 13.8 Å². The van der Waals surface area contributed by atoms with Crippen LogP contribution in [0.4, 0.5) is 5.69 Å². The third kappa shape index (κ3) is 3.32. The van der Waals surface area contributed by atoms with E-state index in [4.69, 9.17) is 21.6 Å². The molecule has 0 atom stereocenters. The number of ether oxygens (including phenoxy) is 1. The molecule has 4 heteroatoms. The highest BCUT2D eigenvalue weighted by Gasteiger charge is 2.16. The Morgan fingerprint density at radius 1 is 1.50 bits per heavy atom. The molecular weight excluding hydrogens is 224 g/mol. The summed E-state index contributed by atoms with van der Waals surface area (Å²) in [6, 6.07) is 7.68. The number of rotatable bonds is 4. The third-order valence-electron chi connectivity index (χ3n) is 2.19. The monoisotopic (exact) mass is 238 g/mol. The largest absolute Gasteiger partial charge is 0.495 e. The van der Waals surface area contributed by atoms with Crippen LogP contribution < -0.4 is 10.1 Å². The second kappa shape index (κ2) is 5.09. The van der Waals surface area contributed by atoms with Crippen LogP contribution in [0.3, 0.4) is 0 Å². The Morgan fingerprint density at radius 2 is 2.19 bits per heavy atom. The summed E-state index contributed by atoms with van der Waals surface area (Å²) in [7, 11) is 1.58. The molecule has 0 aliphatic carbocycles. The average molecular weight is 239 g/mol. The minimum absolute atomic E-state index is 0.396. The summed E-state index contributed by atoms with van der Waals surface area (Å²) in [5, 5.41) is 12.6. The normalized spacial score (nSPS) is 10.7. The van der Waals surface area contributed by atoms with Gasteiger partial charge in [0.15, 0.2) is 0 Å². The van der Waals surface area contributed by atoms with Gasteiger partial charge < -0.3 is 10.1 Å². The van der Waals surface area contributed by atoms with Crippen molar-refractivity contribution in [2.24, 2.45) is 5.41 Å². The van der Waals surface area contributed by atoms with Crippen LogP contribution in [-0.2, 0) is 0 Å². The minimum Gasteiger partial charge on any atom is -0.495 e. The minimum atomic E-state index is -0.396. The molecule has 0 radical (unpaired) electrons. The highest BCUT2D eigenvalue weighted by Crippen LogP contribution is 2.27. The van der Waals surface area contributed by atoms with Gasteiger partial charge in [0, 0.05) is 12.2 Å².